The van der Waals surface area contributed by atoms with Crippen molar-refractivity contribution in [2.24, 2.45) is 5.10 Å². The number of hydrazone groups is 1. The molecule has 1 aromatic heterocycles. The van der Waals surface area contributed by atoms with Crippen LogP contribution in [-0.2, 0) is 0 Å². The molecule has 2 heterocycles. The standard InChI is InChI=1S/C24H14F8N6/c25-14-6-9-18(17(27)10-14)38-19(11-20(34-38)23(28,29)24(30,31)32)15-7-8-16(26)21(13-4-2-1-3-5-13)22(15)37-12-33-35-36-37/h1-10,12,19H,11H2. The smallest absolute Gasteiger partial charge is 0.254 e. The Labute approximate surface area is 208 Å². The minimum atomic E-state index is -6.00. The van der Waals surface area contributed by atoms with Gasteiger partial charge < -0.3 is 0 Å². The predicted molar refractivity (Wildman–Crippen MR) is 119 cm³/mol. The van der Waals surface area contributed by atoms with Crippen LogP contribution in [0.3, 0.4) is 0 Å². The molecule has 196 valence electrons. The third-order valence-corrected chi connectivity index (χ3v) is 5.94. The maximum Gasteiger partial charge on any atom is 0.459 e. The van der Waals surface area contributed by atoms with E-state index in [1.807, 2.05) is 0 Å². The highest BCUT2D eigenvalue weighted by atomic mass is 19.4. The van der Waals surface area contributed by atoms with E-state index in [1.165, 1.54) is 0 Å². The SMILES string of the molecule is Fc1ccc(N2N=C(C(F)(F)C(F)(F)F)CC2c2ccc(F)c(-c3ccccc3)c2-n2cnnn2)c(F)c1. The van der Waals surface area contributed by atoms with Crippen LogP contribution < -0.4 is 5.01 Å². The van der Waals surface area contributed by atoms with E-state index in [1.54, 1.807) is 30.3 Å². The normalized spacial score (nSPS) is 16.2. The number of alkyl halides is 5. The lowest BCUT2D eigenvalue weighted by Gasteiger charge is -2.27. The van der Waals surface area contributed by atoms with Crippen LogP contribution >= 0.6 is 0 Å². The fourth-order valence-electron chi connectivity index (χ4n) is 4.24. The average molecular weight is 538 g/mol. The van der Waals surface area contributed by atoms with Crippen LogP contribution in [0.1, 0.15) is 18.0 Å². The minimum absolute atomic E-state index is 0.0435. The number of hydrogen-bond acceptors (Lipinski definition) is 5. The van der Waals surface area contributed by atoms with Gasteiger partial charge in [-0.3, -0.25) is 5.01 Å². The molecule has 0 saturated carbocycles. The Morgan fingerprint density at radius 1 is 0.842 bits per heavy atom. The van der Waals surface area contributed by atoms with Gasteiger partial charge in [0.05, 0.1) is 17.4 Å². The zero-order chi connectivity index (χ0) is 27.2. The molecule has 1 aliphatic rings. The predicted octanol–water partition coefficient (Wildman–Crippen LogP) is 6.25. The van der Waals surface area contributed by atoms with Crippen molar-refractivity contribution in [3.8, 4) is 16.8 Å². The van der Waals surface area contributed by atoms with Crippen LogP contribution in [0.25, 0.3) is 16.8 Å². The first kappa shape index (κ1) is 25.3. The summed E-state index contributed by atoms with van der Waals surface area (Å²) in [5.41, 5.74) is -2.09. The molecule has 38 heavy (non-hydrogen) atoms. The quantitative estimate of drug-likeness (QED) is 0.282. The third-order valence-electron chi connectivity index (χ3n) is 5.94. The van der Waals surface area contributed by atoms with Crippen molar-refractivity contribution in [1.82, 2.24) is 20.2 Å². The lowest BCUT2D eigenvalue weighted by Crippen LogP contribution is -2.43. The van der Waals surface area contributed by atoms with Crippen LogP contribution in [0.4, 0.5) is 40.8 Å². The first-order valence-electron chi connectivity index (χ1n) is 10.9. The van der Waals surface area contributed by atoms with E-state index in [-0.39, 0.29) is 16.8 Å². The summed E-state index contributed by atoms with van der Waals surface area (Å²) in [7, 11) is 0. The summed E-state index contributed by atoms with van der Waals surface area (Å²) < 4.78 is 113. The number of hydrogen-bond donors (Lipinski definition) is 0. The highest BCUT2D eigenvalue weighted by Crippen LogP contribution is 2.47. The summed E-state index contributed by atoms with van der Waals surface area (Å²) >= 11 is 0. The molecule has 14 heteroatoms. The van der Waals surface area contributed by atoms with Crippen molar-refractivity contribution < 1.29 is 35.1 Å². The van der Waals surface area contributed by atoms with Crippen LogP contribution in [0.15, 0.2) is 72.1 Å². The van der Waals surface area contributed by atoms with E-state index in [2.05, 4.69) is 20.6 Å². The van der Waals surface area contributed by atoms with Gasteiger partial charge in [0.2, 0.25) is 0 Å². The van der Waals surface area contributed by atoms with Gasteiger partial charge in [0, 0.05) is 23.6 Å². The molecular formula is C24H14F8N6. The van der Waals surface area contributed by atoms with E-state index in [9.17, 15) is 30.7 Å². The van der Waals surface area contributed by atoms with E-state index in [4.69, 9.17) is 0 Å². The highest BCUT2D eigenvalue weighted by molar-refractivity contribution is 5.96. The van der Waals surface area contributed by atoms with Crippen LogP contribution in [0.2, 0.25) is 0 Å². The van der Waals surface area contributed by atoms with E-state index in [0.29, 0.717) is 16.6 Å². The van der Waals surface area contributed by atoms with Gasteiger partial charge in [-0.15, -0.1) is 5.10 Å². The monoisotopic (exact) mass is 538 g/mol. The molecule has 5 rings (SSSR count). The van der Waals surface area contributed by atoms with Gasteiger partial charge in [-0.2, -0.15) is 31.7 Å². The van der Waals surface area contributed by atoms with Gasteiger partial charge in [0.15, 0.2) is 5.82 Å². The van der Waals surface area contributed by atoms with Crippen LogP contribution in [0.5, 0.6) is 0 Å². The van der Waals surface area contributed by atoms with Gasteiger partial charge in [-0.1, -0.05) is 36.4 Å². The van der Waals surface area contributed by atoms with Crippen molar-refractivity contribution >= 4 is 11.4 Å². The Bertz CT molecular complexity index is 1500. The molecule has 1 atom stereocenters. The third kappa shape index (κ3) is 4.25. The number of tetrazole rings is 1. The Morgan fingerprint density at radius 3 is 2.21 bits per heavy atom. The van der Waals surface area contributed by atoms with Crippen LogP contribution in [0, 0.1) is 17.5 Å². The summed E-state index contributed by atoms with van der Waals surface area (Å²) in [4.78, 5) is 0. The number of aromatic nitrogens is 4. The maximum atomic E-state index is 15.3. The molecule has 0 spiro atoms. The second-order valence-electron chi connectivity index (χ2n) is 8.26. The lowest BCUT2D eigenvalue weighted by molar-refractivity contribution is -0.249. The second kappa shape index (κ2) is 9.19. The molecule has 3 aromatic carbocycles. The minimum Gasteiger partial charge on any atom is -0.254 e. The summed E-state index contributed by atoms with van der Waals surface area (Å²) in [5, 5.41) is 14.8. The molecule has 0 saturated heterocycles. The fraction of sp³-hybridized carbons (Fsp3) is 0.167. The summed E-state index contributed by atoms with van der Waals surface area (Å²) in [5.74, 6) is -8.41. The van der Waals surface area contributed by atoms with Crippen LogP contribution in [-0.4, -0.2) is 38.0 Å². The maximum absolute atomic E-state index is 15.3. The second-order valence-corrected chi connectivity index (χ2v) is 8.26. The number of nitrogens with zero attached hydrogens (tertiary/aromatic N) is 6. The van der Waals surface area contributed by atoms with Gasteiger partial charge >= 0.3 is 12.1 Å². The number of rotatable bonds is 5. The molecule has 1 aliphatic heterocycles. The van der Waals surface area contributed by atoms with E-state index in [0.717, 1.165) is 35.3 Å². The molecule has 0 radical (unpaired) electrons. The molecule has 4 aromatic rings. The van der Waals surface area contributed by atoms with Crippen molar-refractivity contribution in [1.29, 1.82) is 0 Å². The summed E-state index contributed by atoms with van der Waals surface area (Å²) in [6, 6.07) is 10.7. The Hall–Kier alpha value is -4.36. The van der Waals surface area contributed by atoms with Crippen molar-refractivity contribution in [3.63, 3.8) is 0 Å². The fourth-order valence-corrected chi connectivity index (χ4v) is 4.24. The first-order chi connectivity index (χ1) is 18.0. The lowest BCUT2D eigenvalue weighted by atomic mass is 9.92. The largest absolute Gasteiger partial charge is 0.459 e. The van der Waals surface area contributed by atoms with Crippen molar-refractivity contribution in [2.45, 2.75) is 24.6 Å². The van der Waals surface area contributed by atoms with Gasteiger partial charge in [0.1, 0.15) is 23.7 Å². The van der Waals surface area contributed by atoms with Gasteiger partial charge in [-0.05, 0) is 34.2 Å². The summed E-state index contributed by atoms with van der Waals surface area (Å²) in [6.07, 6.45) is -5.95. The Morgan fingerprint density at radius 2 is 1.58 bits per heavy atom. The molecular weight excluding hydrogens is 524 g/mol. The zero-order valence-electron chi connectivity index (χ0n) is 18.8. The molecule has 6 nitrogen and oxygen atoms in total. The van der Waals surface area contributed by atoms with Crippen molar-refractivity contribution in [2.75, 3.05) is 5.01 Å². The first-order valence-corrected chi connectivity index (χ1v) is 10.9. The van der Waals surface area contributed by atoms with E-state index < -0.39 is 53.4 Å². The Kier molecular flexibility index (Phi) is 6.12. The highest BCUT2D eigenvalue weighted by Gasteiger charge is 2.63. The Balaban J connectivity index is 1.76. The van der Waals surface area contributed by atoms with Crippen molar-refractivity contribution in [3.05, 3.63) is 90.0 Å². The van der Waals surface area contributed by atoms with Gasteiger partial charge in [-0.25, -0.2) is 13.2 Å². The molecule has 0 N–H and O–H groups in total. The molecule has 0 fully saturated rings. The number of anilines is 1. The van der Waals surface area contributed by atoms with Gasteiger partial charge in [0.25, 0.3) is 0 Å². The molecule has 0 bridgehead atoms. The number of benzene rings is 3. The summed E-state index contributed by atoms with van der Waals surface area (Å²) in [6.45, 7) is 0. The number of halogens is 8. The molecule has 0 aliphatic carbocycles. The molecule has 0 amide bonds. The van der Waals surface area contributed by atoms with E-state index >= 15 is 4.39 Å². The molecule has 1 unspecified atom stereocenters. The zero-order valence-corrected chi connectivity index (χ0v) is 18.8. The average Bonchev–Trinajstić information content (AvgIpc) is 3.55. The topological polar surface area (TPSA) is 59.2 Å².